The van der Waals surface area contributed by atoms with Gasteiger partial charge in [-0.2, -0.15) is 5.26 Å². The van der Waals surface area contributed by atoms with Gasteiger partial charge in [0.1, 0.15) is 39.6 Å². The smallest absolute Gasteiger partial charge is 0.235 e. The number of para-hydroxylation sites is 6. The molecule has 0 spiro atoms. The van der Waals surface area contributed by atoms with Crippen LogP contribution >= 0.6 is 0 Å². The van der Waals surface area contributed by atoms with Crippen LogP contribution in [-0.4, -0.2) is 13.7 Å². The summed E-state index contributed by atoms with van der Waals surface area (Å²) in [7, 11) is 0. The first-order valence-corrected chi connectivity index (χ1v) is 20.7. The summed E-state index contributed by atoms with van der Waals surface area (Å²) in [6.07, 6.45) is 0. The highest BCUT2D eigenvalue weighted by molar-refractivity contribution is 6.27. The fourth-order valence-corrected chi connectivity index (χ4v) is 9.84. The van der Waals surface area contributed by atoms with Crippen LogP contribution in [0.3, 0.4) is 0 Å². The molecule has 70 heavy (non-hydrogen) atoms. The van der Waals surface area contributed by atoms with Crippen LogP contribution in [0.25, 0.3) is 153 Å². The molecule has 16 aromatic rings. The van der Waals surface area contributed by atoms with E-state index in [1.54, 1.807) is 0 Å². The van der Waals surface area contributed by atoms with Crippen molar-refractivity contribution in [1.29, 1.82) is 5.26 Å². The van der Waals surface area contributed by atoms with Gasteiger partial charge in [-0.25, -0.2) is 4.85 Å². The number of nitriles is 1. The summed E-state index contributed by atoms with van der Waals surface area (Å²) >= 11 is 0. The molecule has 0 aliphatic carbocycles. The number of benzene rings is 10. The molecule has 0 aliphatic heterocycles. The molecule has 0 bridgehead atoms. The number of nitrogens with zero attached hydrogens (tertiary/aromatic N) is 5. The van der Waals surface area contributed by atoms with Gasteiger partial charge in [-0.05, 0) is 78.6 Å². The van der Waals surface area contributed by atoms with E-state index in [4.69, 9.17) is 33.8 Å². The van der Waals surface area contributed by atoms with Crippen LogP contribution < -0.4 is 0 Å². The van der Waals surface area contributed by atoms with Gasteiger partial charge < -0.3 is 27.0 Å². The first-order valence-electron chi connectivity index (χ1n) is 35.7. The summed E-state index contributed by atoms with van der Waals surface area (Å²) in [4.78, 5) is 3.97. The molecule has 0 atom stereocenters. The fourth-order valence-electron chi connectivity index (χ4n) is 9.84. The van der Waals surface area contributed by atoms with Gasteiger partial charge in [0.15, 0.2) is 0 Å². The minimum Gasteiger partial charge on any atom is -0.455 e. The number of hydrogen-bond acceptors (Lipinski definition) is 4. The number of aromatic nitrogens is 3. The lowest BCUT2D eigenvalue weighted by Crippen LogP contribution is -2.08. The zero-order chi connectivity index (χ0) is 72.0. The molecular formula is C62H31N5O3. The number of fused-ring (bicyclic) bond motifs is 21. The lowest BCUT2D eigenvalue weighted by atomic mass is 10.0. The van der Waals surface area contributed by atoms with Crippen molar-refractivity contribution in [3.05, 3.63) is 204 Å². The maximum absolute atomic E-state index is 12.4. The van der Waals surface area contributed by atoms with Gasteiger partial charge in [0, 0.05) is 48.5 Å². The molecule has 6 aromatic heterocycles. The minimum absolute atomic E-state index is 0.437. The zero-order valence-corrected chi connectivity index (χ0v) is 34.5. The summed E-state index contributed by atoms with van der Waals surface area (Å²) in [5.41, 5.74) is -12.1. The van der Waals surface area contributed by atoms with E-state index >= 15 is 0 Å². The normalized spacial score (nSPS) is 18.3. The molecule has 8 heteroatoms. The standard InChI is InChI=1S/C62H31N5O3/c1-64-58-51(66-45-21-9-3-18-41(45)56-48(66)30-27-38-35-15-6-12-24-53(35)69-61(38)56)32-50(65-44-20-8-2-17-40(44)55-47(65)29-26-37-34-14-5-11-23-52(34)68-60(37)55)43(33-63)59(58)67-46-22-10-4-19-42(46)57-49(67)31-28-39-36-16-7-13-25-54(36)70-62(39)57/h2-32H/i2D,3D,4D,5D,6D,7D,8D,9D,10D,11D,12D,13D,14D,15D,16D,17D,18D,19D,20D,21D,22D,23D,24D,25D,26D,27D,28D,29D,30D,31D. The van der Waals surface area contributed by atoms with Crippen molar-refractivity contribution in [1.82, 2.24) is 13.7 Å². The first-order chi connectivity index (χ1) is 47.2. The van der Waals surface area contributed by atoms with E-state index in [2.05, 4.69) is 4.85 Å². The highest BCUT2D eigenvalue weighted by Crippen LogP contribution is 2.50. The quantitative estimate of drug-likeness (QED) is 0.165. The third-order valence-corrected chi connectivity index (χ3v) is 12.6. The topological polar surface area (TPSA) is 82.4 Å². The molecule has 0 fully saturated rings. The van der Waals surface area contributed by atoms with Gasteiger partial charge in [0.25, 0.3) is 0 Å². The minimum atomic E-state index is -1.02. The molecule has 10 aromatic carbocycles. The van der Waals surface area contributed by atoms with Crippen molar-refractivity contribution < 1.29 is 54.4 Å². The molecule has 0 amide bonds. The van der Waals surface area contributed by atoms with Crippen molar-refractivity contribution >= 4 is 137 Å². The van der Waals surface area contributed by atoms with Crippen molar-refractivity contribution in [2.24, 2.45) is 0 Å². The largest absolute Gasteiger partial charge is 0.455 e. The predicted molar refractivity (Wildman–Crippen MR) is 282 cm³/mol. The van der Waals surface area contributed by atoms with Gasteiger partial charge in [0.2, 0.25) is 5.69 Å². The number of hydrogen-bond donors (Lipinski definition) is 0. The lowest BCUT2D eigenvalue weighted by molar-refractivity contribution is 0.672. The van der Waals surface area contributed by atoms with E-state index in [0.717, 1.165) is 19.8 Å². The highest BCUT2D eigenvalue weighted by Gasteiger charge is 2.30. The average Bonchev–Trinajstić information content (AvgIpc) is 1.52. The summed E-state index contributed by atoms with van der Waals surface area (Å²) < 4.78 is 299. The molecule has 0 saturated carbocycles. The van der Waals surface area contributed by atoms with Crippen LogP contribution in [-0.2, 0) is 0 Å². The Morgan fingerprint density at radius 3 is 1.17 bits per heavy atom. The summed E-state index contributed by atoms with van der Waals surface area (Å²) in [5, 5.41) is 6.30. The van der Waals surface area contributed by atoms with Gasteiger partial charge in [-0.1, -0.05) is 109 Å². The summed E-state index contributed by atoms with van der Waals surface area (Å²) in [5.74, 6) is 0. The predicted octanol–water partition coefficient (Wildman–Crippen LogP) is 17.1. The van der Waals surface area contributed by atoms with E-state index < -0.39 is 341 Å². The number of rotatable bonds is 3. The molecule has 0 aliphatic rings. The Kier molecular flexibility index (Phi) is 3.60. The molecule has 6 heterocycles. The molecule has 16 rings (SSSR count). The second-order valence-corrected chi connectivity index (χ2v) is 15.8. The second-order valence-electron chi connectivity index (χ2n) is 15.8. The van der Waals surface area contributed by atoms with Crippen LogP contribution in [0, 0.1) is 17.9 Å². The summed E-state index contributed by atoms with van der Waals surface area (Å²) in [6, 6.07) is -23.6. The third-order valence-electron chi connectivity index (χ3n) is 12.6. The van der Waals surface area contributed by atoms with Gasteiger partial charge in [-0.3, -0.25) is 0 Å². The van der Waals surface area contributed by atoms with Crippen LogP contribution in [0.2, 0.25) is 0 Å². The molecule has 0 radical (unpaired) electrons. The Hall–Kier alpha value is -10.0. The van der Waals surface area contributed by atoms with Crippen molar-refractivity contribution in [2.75, 3.05) is 0 Å². The lowest BCUT2D eigenvalue weighted by Gasteiger charge is -2.21. The van der Waals surface area contributed by atoms with Crippen LogP contribution in [0.5, 0.6) is 0 Å². The van der Waals surface area contributed by atoms with Crippen molar-refractivity contribution in [2.45, 2.75) is 0 Å². The van der Waals surface area contributed by atoms with Gasteiger partial charge >= 0.3 is 0 Å². The Labute approximate surface area is 437 Å². The second kappa shape index (κ2) is 13.3. The Bertz CT molecular complexity index is 6660. The van der Waals surface area contributed by atoms with Crippen molar-refractivity contribution in [3.63, 3.8) is 0 Å². The van der Waals surface area contributed by atoms with Gasteiger partial charge in [-0.15, -0.1) is 0 Å². The van der Waals surface area contributed by atoms with E-state index in [-0.39, 0.29) is 0 Å². The highest BCUT2D eigenvalue weighted by atomic mass is 16.3. The molecule has 0 saturated heterocycles. The van der Waals surface area contributed by atoms with Crippen molar-refractivity contribution in [3.8, 4) is 23.1 Å². The van der Waals surface area contributed by atoms with E-state index in [0.29, 0.717) is 0 Å². The van der Waals surface area contributed by atoms with Crippen LogP contribution in [0.1, 0.15) is 46.7 Å². The van der Waals surface area contributed by atoms with Crippen LogP contribution in [0.4, 0.5) is 5.69 Å². The maximum Gasteiger partial charge on any atom is 0.235 e. The molecule has 322 valence electrons. The van der Waals surface area contributed by atoms with E-state index in [1.807, 2.05) is 6.07 Å². The first kappa shape index (κ1) is 18.9. The molecule has 0 N–H and O–H groups in total. The SMILES string of the molecule is [2H]c1c([2H])c([2H])c2c(oc3c2c([2H])c([2H])c2c3c3c([2H])c([2H])c([2H])c([2H])c3n2-c2cc(-n3c4c([2H])c([2H])c([2H])c([2H])c4c4c5oc6c([2H])c([2H])c([2H])c([2H])c6c5c([2H])c([2H])c43)c([N+]#[C-])c(-n3c4c([2H])c([2H])c([2H])c([2H])c4c4c5oc6c([2H])c([2H])c([2H])c([2H])c6c5c([2H])c([2H])c43)c2C#N)c1[2H]. The zero-order valence-electron chi connectivity index (χ0n) is 64.5. The molecular weight excluding hydrogens is 863 g/mol. The monoisotopic (exact) mass is 923 g/mol. The summed E-state index contributed by atoms with van der Waals surface area (Å²) in [6.45, 7) is 9.44. The van der Waals surface area contributed by atoms with Gasteiger partial charge in [0.05, 0.1) is 120 Å². The maximum atomic E-state index is 12.4. The van der Waals surface area contributed by atoms with E-state index in [1.165, 1.54) is 0 Å². The Balaban J connectivity index is 1.24. The van der Waals surface area contributed by atoms with E-state index in [9.17, 15) is 32.4 Å². The molecule has 0 unspecified atom stereocenters. The molecule has 8 nitrogen and oxygen atoms in total. The van der Waals surface area contributed by atoms with Crippen LogP contribution in [0.15, 0.2) is 201 Å². The number of furan rings is 3. The average molecular weight is 924 g/mol. The Morgan fingerprint density at radius 2 is 0.757 bits per heavy atom. The fraction of sp³-hybridized carbons (Fsp3) is 0. The Morgan fingerprint density at radius 1 is 0.400 bits per heavy atom. The third kappa shape index (κ3) is 4.57.